The van der Waals surface area contributed by atoms with Crippen molar-refractivity contribution in [2.45, 2.75) is 104 Å². The van der Waals surface area contributed by atoms with E-state index in [0.717, 1.165) is 24.2 Å². The molecule has 1 saturated heterocycles. The van der Waals surface area contributed by atoms with Crippen molar-refractivity contribution < 1.29 is 9.59 Å². The summed E-state index contributed by atoms with van der Waals surface area (Å²) in [7, 11) is 0. The molecule has 198 valence electrons. The Bertz CT molecular complexity index is 949. The van der Waals surface area contributed by atoms with E-state index >= 15 is 0 Å². The third kappa shape index (κ3) is 8.34. The van der Waals surface area contributed by atoms with Crippen LogP contribution in [0.3, 0.4) is 0 Å². The summed E-state index contributed by atoms with van der Waals surface area (Å²) in [5.41, 5.74) is 1.56. The zero-order chi connectivity index (χ0) is 27.0. The number of hydrogen-bond acceptors (Lipinski definition) is 8. The van der Waals surface area contributed by atoms with Crippen LogP contribution >= 0.6 is 47.0 Å². The molecule has 2 aliphatic heterocycles. The lowest BCUT2D eigenvalue weighted by Crippen LogP contribution is -2.36. The number of aliphatic imine (C=N–C) groups is 1. The van der Waals surface area contributed by atoms with Crippen molar-refractivity contribution in [1.82, 2.24) is 5.32 Å². The highest BCUT2D eigenvalue weighted by Gasteiger charge is 2.47. The molecule has 0 amide bonds. The van der Waals surface area contributed by atoms with Crippen molar-refractivity contribution in [2.24, 2.45) is 15.8 Å². The second kappa shape index (κ2) is 10.8. The molecule has 35 heavy (non-hydrogen) atoms. The van der Waals surface area contributed by atoms with E-state index in [-0.39, 0.29) is 41.8 Å². The minimum Gasteiger partial charge on any atom is -0.361 e. The molecule has 4 nitrogen and oxygen atoms in total. The zero-order valence-electron chi connectivity index (χ0n) is 23.6. The fourth-order valence-electron chi connectivity index (χ4n) is 4.01. The second-order valence-corrected chi connectivity index (χ2v) is 18.4. The Kier molecular flexibility index (Phi) is 9.55. The number of thioether (sulfide) groups is 4. The number of carbonyl (C=O) groups is 2. The highest BCUT2D eigenvalue weighted by Crippen LogP contribution is 2.50. The molecule has 0 aromatic rings. The number of nitrogens with zero attached hydrogens (tertiary/aromatic N) is 1. The predicted molar refractivity (Wildman–Crippen MR) is 162 cm³/mol. The van der Waals surface area contributed by atoms with Crippen LogP contribution in [0.2, 0.25) is 0 Å². The van der Waals surface area contributed by atoms with Gasteiger partial charge in [0.2, 0.25) is 5.12 Å². The smallest absolute Gasteiger partial charge is 0.227 e. The maximum Gasteiger partial charge on any atom is 0.227 e. The number of allylic oxidation sites excluding steroid dienone is 2. The molecule has 0 bridgehead atoms. The van der Waals surface area contributed by atoms with Gasteiger partial charge in [-0.05, 0) is 31.1 Å². The van der Waals surface area contributed by atoms with Gasteiger partial charge in [-0.2, -0.15) is 0 Å². The molecule has 0 radical (unpaired) electrons. The number of rotatable bonds is 5. The lowest BCUT2D eigenvalue weighted by atomic mass is 9.72. The van der Waals surface area contributed by atoms with Crippen molar-refractivity contribution in [3.63, 3.8) is 0 Å². The highest BCUT2D eigenvalue weighted by molar-refractivity contribution is 8.20. The first-order valence-electron chi connectivity index (χ1n) is 12.1. The molecular formula is C27H44N2O2S4. The Morgan fingerprint density at radius 2 is 1.54 bits per heavy atom. The third-order valence-corrected chi connectivity index (χ3v) is 10.4. The molecule has 0 saturated carbocycles. The minimum atomic E-state index is -0.322. The van der Waals surface area contributed by atoms with Crippen LogP contribution < -0.4 is 5.32 Å². The molecule has 1 fully saturated rings. The molecule has 0 spiro atoms. The average molecular weight is 557 g/mol. The summed E-state index contributed by atoms with van der Waals surface area (Å²) in [6, 6.07) is 0. The largest absolute Gasteiger partial charge is 0.361 e. The standard InChI is InChI=1S/C27H44N2O2S4/c1-23(2,3)34-20(30)16-33-21(22(31)35-24(4,5)6)17-13-25(7,8)18(28-17)14-27(11)26(9,10)15-19(29-27)32-12/h14,28H,13,15-16H2,1-12H3/b18-14+,21-17+. The Balaban J connectivity index is 2.44. The van der Waals surface area contributed by atoms with Gasteiger partial charge in [0.1, 0.15) is 0 Å². The Morgan fingerprint density at radius 3 is 2.03 bits per heavy atom. The molecule has 8 heteroatoms. The van der Waals surface area contributed by atoms with Crippen LogP contribution in [0.15, 0.2) is 27.4 Å². The molecule has 1 unspecified atom stereocenters. The third-order valence-electron chi connectivity index (χ3n) is 6.23. The molecule has 2 aliphatic rings. The second-order valence-electron chi connectivity index (χ2n) is 12.8. The molecular weight excluding hydrogens is 513 g/mol. The van der Waals surface area contributed by atoms with Crippen molar-refractivity contribution in [2.75, 3.05) is 12.0 Å². The van der Waals surface area contributed by atoms with E-state index in [0.29, 0.717) is 4.91 Å². The summed E-state index contributed by atoms with van der Waals surface area (Å²) in [5, 5.41) is 4.95. The lowest BCUT2D eigenvalue weighted by molar-refractivity contribution is -0.109. The Morgan fingerprint density at radius 1 is 0.971 bits per heavy atom. The van der Waals surface area contributed by atoms with E-state index < -0.39 is 0 Å². The first kappa shape index (κ1) is 30.9. The minimum absolute atomic E-state index is 0.00859. The molecule has 0 aliphatic carbocycles. The van der Waals surface area contributed by atoms with Crippen molar-refractivity contribution in [3.05, 3.63) is 22.4 Å². The van der Waals surface area contributed by atoms with Gasteiger partial charge >= 0.3 is 0 Å². The average Bonchev–Trinajstić information content (AvgIpc) is 3.04. The first-order chi connectivity index (χ1) is 15.7. The van der Waals surface area contributed by atoms with Crippen molar-refractivity contribution in [3.8, 4) is 0 Å². The summed E-state index contributed by atoms with van der Waals surface area (Å²) in [6.07, 6.45) is 6.07. The quantitative estimate of drug-likeness (QED) is 0.345. The van der Waals surface area contributed by atoms with Gasteiger partial charge in [0.15, 0.2) is 5.12 Å². The van der Waals surface area contributed by atoms with Gasteiger partial charge in [0, 0.05) is 32.7 Å². The summed E-state index contributed by atoms with van der Waals surface area (Å²) < 4.78 is -0.344. The van der Waals surface area contributed by atoms with Crippen LogP contribution in [-0.2, 0) is 9.59 Å². The van der Waals surface area contributed by atoms with Gasteiger partial charge in [-0.15, -0.1) is 23.5 Å². The van der Waals surface area contributed by atoms with Crippen LogP contribution in [0, 0.1) is 10.8 Å². The number of carbonyl (C=O) groups excluding carboxylic acids is 2. The van der Waals surface area contributed by atoms with E-state index in [1.165, 1.54) is 40.3 Å². The van der Waals surface area contributed by atoms with Crippen molar-refractivity contribution >= 4 is 62.3 Å². The van der Waals surface area contributed by atoms with Crippen LogP contribution in [-0.4, -0.2) is 42.3 Å². The molecule has 0 aromatic heterocycles. The predicted octanol–water partition coefficient (Wildman–Crippen LogP) is 7.90. The van der Waals surface area contributed by atoms with E-state index in [2.05, 4.69) is 52.3 Å². The Labute approximate surface area is 230 Å². The van der Waals surface area contributed by atoms with Crippen LogP contribution in [0.5, 0.6) is 0 Å². The summed E-state index contributed by atoms with van der Waals surface area (Å²) >= 11 is 5.79. The van der Waals surface area contributed by atoms with E-state index in [1.54, 1.807) is 11.8 Å². The van der Waals surface area contributed by atoms with E-state index in [9.17, 15) is 9.59 Å². The molecule has 2 heterocycles. The van der Waals surface area contributed by atoms with Gasteiger partial charge in [-0.3, -0.25) is 14.6 Å². The topological polar surface area (TPSA) is 58.5 Å². The fourth-order valence-corrected chi connectivity index (χ4v) is 7.64. The SMILES string of the molecule is CSC1=NC(C)(/C=C2/N/C(=C(/SCC(=O)SC(C)(C)C)C(=O)SC(C)(C)C)CC2(C)C)C(C)(C)C1. The molecule has 1 atom stereocenters. The number of hydrogen-bond donors (Lipinski definition) is 1. The van der Waals surface area contributed by atoms with Gasteiger partial charge in [-0.1, -0.05) is 92.8 Å². The van der Waals surface area contributed by atoms with Crippen LogP contribution in [0.4, 0.5) is 0 Å². The summed E-state index contributed by atoms with van der Waals surface area (Å²) in [6.45, 7) is 23.4. The summed E-state index contributed by atoms with van der Waals surface area (Å²) in [4.78, 5) is 31.8. The normalized spacial score (nSPS) is 26.5. The maximum atomic E-state index is 13.4. The molecule has 1 N–H and O–H groups in total. The van der Waals surface area contributed by atoms with Gasteiger partial charge in [0.05, 0.1) is 21.2 Å². The number of nitrogens with one attached hydrogen (secondary N) is 1. The summed E-state index contributed by atoms with van der Waals surface area (Å²) in [5.74, 6) is 0.282. The Hall–Kier alpha value is -0.310. The maximum absolute atomic E-state index is 13.4. The highest BCUT2D eigenvalue weighted by atomic mass is 32.2. The van der Waals surface area contributed by atoms with Gasteiger partial charge < -0.3 is 5.32 Å². The monoisotopic (exact) mass is 556 g/mol. The fraction of sp³-hybridized carbons (Fsp3) is 0.741. The van der Waals surface area contributed by atoms with E-state index in [1.807, 2.05) is 41.5 Å². The van der Waals surface area contributed by atoms with Gasteiger partial charge in [-0.25, -0.2) is 0 Å². The lowest BCUT2D eigenvalue weighted by Gasteiger charge is -2.35. The van der Waals surface area contributed by atoms with E-state index in [4.69, 9.17) is 4.99 Å². The molecule has 2 rings (SSSR count). The first-order valence-corrected chi connectivity index (χ1v) is 16.0. The van der Waals surface area contributed by atoms with Crippen molar-refractivity contribution in [1.29, 1.82) is 0 Å². The molecule has 0 aromatic carbocycles. The van der Waals surface area contributed by atoms with Gasteiger partial charge in [0.25, 0.3) is 0 Å². The zero-order valence-corrected chi connectivity index (χ0v) is 26.9. The van der Waals surface area contributed by atoms with Crippen LogP contribution in [0.25, 0.3) is 0 Å². The van der Waals surface area contributed by atoms with Crippen LogP contribution in [0.1, 0.15) is 89.0 Å².